The van der Waals surface area contributed by atoms with Gasteiger partial charge in [-0.25, -0.2) is 4.39 Å². The minimum Gasteiger partial charge on any atom is -0.341 e. The third-order valence-corrected chi connectivity index (χ3v) is 3.11. The van der Waals surface area contributed by atoms with Gasteiger partial charge in [0.1, 0.15) is 5.82 Å². The number of amides is 1. The molecule has 1 fully saturated rings. The monoisotopic (exact) mass is 272 g/mol. The first-order chi connectivity index (χ1) is 8.16. The van der Waals surface area contributed by atoms with E-state index >= 15 is 0 Å². The molecule has 1 aliphatic heterocycles. The molecule has 1 saturated heterocycles. The van der Waals surface area contributed by atoms with Gasteiger partial charge in [0.2, 0.25) is 5.91 Å². The zero-order chi connectivity index (χ0) is 12.3. The van der Waals surface area contributed by atoms with Crippen molar-refractivity contribution in [2.45, 2.75) is 25.3 Å². The van der Waals surface area contributed by atoms with E-state index in [1.54, 1.807) is 23.1 Å². The molecule has 18 heavy (non-hydrogen) atoms. The second-order valence-corrected chi connectivity index (χ2v) is 4.51. The summed E-state index contributed by atoms with van der Waals surface area (Å²) in [6.07, 6.45) is 2.02. The normalized spacial score (nSPS) is 19.2. The van der Waals surface area contributed by atoms with Gasteiger partial charge in [-0.15, -0.1) is 12.4 Å². The van der Waals surface area contributed by atoms with Crippen LogP contribution in [0.4, 0.5) is 4.39 Å². The van der Waals surface area contributed by atoms with E-state index in [-0.39, 0.29) is 36.6 Å². The largest absolute Gasteiger partial charge is 0.341 e. The predicted molar refractivity (Wildman–Crippen MR) is 71.1 cm³/mol. The molecule has 0 bridgehead atoms. The number of benzene rings is 1. The van der Waals surface area contributed by atoms with Crippen LogP contribution in [-0.2, 0) is 11.2 Å². The van der Waals surface area contributed by atoms with Crippen LogP contribution in [-0.4, -0.2) is 29.9 Å². The van der Waals surface area contributed by atoms with E-state index in [0.717, 1.165) is 19.4 Å². The van der Waals surface area contributed by atoms with Crippen LogP contribution >= 0.6 is 12.4 Å². The molecule has 3 nitrogen and oxygen atoms in total. The van der Waals surface area contributed by atoms with Crippen LogP contribution in [0.5, 0.6) is 0 Å². The third-order valence-electron chi connectivity index (χ3n) is 3.11. The quantitative estimate of drug-likeness (QED) is 0.891. The number of halogens is 2. The fourth-order valence-corrected chi connectivity index (χ4v) is 2.15. The highest BCUT2D eigenvalue weighted by atomic mass is 35.5. The summed E-state index contributed by atoms with van der Waals surface area (Å²) in [4.78, 5) is 13.7. The summed E-state index contributed by atoms with van der Waals surface area (Å²) in [6, 6.07) is 6.46. The van der Waals surface area contributed by atoms with Crippen molar-refractivity contribution in [2.75, 3.05) is 13.1 Å². The summed E-state index contributed by atoms with van der Waals surface area (Å²) < 4.78 is 13.4. The number of rotatable bonds is 2. The van der Waals surface area contributed by atoms with Crippen molar-refractivity contribution >= 4 is 18.3 Å². The molecule has 0 aromatic heterocycles. The smallest absolute Gasteiger partial charge is 0.227 e. The summed E-state index contributed by atoms with van der Waals surface area (Å²) >= 11 is 0. The summed E-state index contributed by atoms with van der Waals surface area (Å²) in [5.74, 6) is -0.354. The molecule has 1 unspecified atom stereocenters. The van der Waals surface area contributed by atoms with E-state index in [0.29, 0.717) is 12.1 Å². The number of piperidine rings is 1. The number of nitrogens with zero attached hydrogens (tertiary/aromatic N) is 1. The van der Waals surface area contributed by atoms with Crippen molar-refractivity contribution in [2.24, 2.45) is 5.73 Å². The first-order valence-corrected chi connectivity index (χ1v) is 5.93. The molecule has 1 aliphatic rings. The Kier molecular flexibility index (Phi) is 5.56. The molecule has 0 radical (unpaired) electrons. The maximum absolute atomic E-state index is 13.4. The Balaban J connectivity index is 0.00000162. The Morgan fingerprint density at radius 1 is 1.44 bits per heavy atom. The lowest BCUT2D eigenvalue weighted by Crippen LogP contribution is -2.46. The van der Waals surface area contributed by atoms with E-state index < -0.39 is 0 Å². The molecule has 0 aliphatic carbocycles. The van der Waals surface area contributed by atoms with Gasteiger partial charge >= 0.3 is 0 Å². The number of hydrogen-bond donors (Lipinski definition) is 1. The van der Waals surface area contributed by atoms with Crippen LogP contribution in [0.1, 0.15) is 18.4 Å². The molecule has 1 heterocycles. The maximum atomic E-state index is 13.4. The number of likely N-dealkylation sites (tertiary alicyclic amines) is 1. The molecule has 0 spiro atoms. The Bertz CT molecular complexity index is 414. The fourth-order valence-electron chi connectivity index (χ4n) is 2.15. The molecule has 100 valence electrons. The molecule has 2 N–H and O–H groups in total. The maximum Gasteiger partial charge on any atom is 0.227 e. The summed E-state index contributed by atoms with van der Waals surface area (Å²) in [7, 11) is 0. The molecule has 2 rings (SSSR count). The van der Waals surface area contributed by atoms with Gasteiger partial charge in [0.15, 0.2) is 0 Å². The van der Waals surface area contributed by atoms with E-state index in [9.17, 15) is 9.18 Å². The highest BCUT2D eigenvalue weighted by molar-refractivity contribution is 5.85. The number of carbonyl (C=O) groups excluding carboxylic acids is 1. The van der Waals surface area contributed by atoms with Crippen LogP contribution in [0.25, 0.3) is 0 Å². The lowest BCUT2D eigenvalue weighted by atomic mass is 10.0. The van der Waals surface area contributed by atoms with Crippen LogP contribution in [0.2, 0.25) is 0 Å². The first-order valence-electron chi connectivity index (χ1n) is 5.93. The summed E-state index contributed by atoms with van der Waals surface area (Å²) in [5.41, 5.74) is 6.27. The van der Waals surface area contributed by atoms with Crippen molar-refractivity contribution in [3.05, 3.63) is 35.6 Å². The first kappa shape index (κ1) is 14.9. The van der Waals surface area contributed by atoms with E-state index in [2.05, 4.69) is 0 Å². The molecule has 0 saturated carbocycles. The zero-order valence-electron chi connectivity index (χ0n) is 10.1. The number of hydrogen-bond acceptors (Lipinski definition) is 2. The Morgan fingerprint density at radius 3 is 2.83 bits per heavy atom. The van der Waals surface area contributed by atoms with Crippen molar-refractivity contribution in [1.82, 2.24) is 4.90 Å². The molecule has 5 heteroatoms. The summed E-state index contributed by atoms with van der Waals surface area (Å²) in [5, 5.41) is 0. The van der Waals surface area contributed by atoms with Gasteiger partial charge in [0.05, 0.1) is 6.42 Å². The zero-order valence-corrected chi connectivity index (χ0v) is 11.0. The number of nitrogens with two attached hydrogens (primary N) is 1. The van der Waals surface area contributed by atoms with Crippen LogP contribution in [0, 0.1) is 5.82 Å². The van der Waals surface area contributed by atoms with E-state index in [4.69, 9.17) is 5.73 Å². The molecule has 1 aromatic rings. The topological polar surface area (TPSA) is 46.3 Å². The van der Waals surface area contributed by atoms with Gasteiger partial charge in [0.25, 0.3) is 0 Å². The minimum absolute atomic E-state index is 0. The van der Waals surface area contributed by atoms with Gasteiger partial charge in [-0.05, 0) is 24.5 Å². The van der Waals surface area contributed by atoms with Crippen molar-refractivity contribution in [1.29, 1.82) is 0 Å². The lowest BCUT2D eigenvalue weighted by molar-refractivity contribution is -0.131. The Morgan fingerprint density at radius 2 is 2.17 bits per heavy atom. The van der Waals surface area contributed by atoms with E-state index in [1.807, 2.05) is 0 Å². The fraction of sp³-hybridized carbons (Fsp3) is 0.462. The molecule has 1 aromatic carbocycles. The minimum atomic E-state index is -0.317. The standard InChI is InChI=1S/C13H17FN2O.ClH/c14-12-6-2-1-4-10(12)8-13(17)16-7-3-5-11(15)9-16;/h1-2,4,6,11H,3,5,7-9,15H2;1H. The predicted octanol–water partition coefficient (Wildman–Crippen LogP) is 1.74. The lowest BCUT2D eigenvalue weighted by Gasteiger charge is -2.30. The van der Waals surface area contributed by atoms with Gasteiger partial charge in [-0.3, -0.25) is 4.79 Å². The van der Waals surface area contributed by atoms with Gasteiger partial charge in [0, 0.05) is 19.1 Å². The average molecular weight is 273 g/mol. The van der Waals surface area contributed by atoms with Crippen molar-refractivity contribution < 1.29 is 9.18 Å². The second-order valence-electron chi connectivity index (χ2n) is 4.51. The highest BCUT2D eigenvalue weighted by Gasteiger charge is 2.21. The highest BCUT2D eigenvalue weighted by Crippen LogP contribution is 2.12. The molecular weight excluding hydrogens is 255 g/mol. The van der Waals surface area contributed by atoms with Gasteiger partial charge < -0.3 is 10.6 Å². The molecule has 1 atom stereocenters. The van der Waals surface area contributed by atoms with Crippen LogP contribution in [0.15, 0.2) is 24.3 Å². The average Bonchev–Trinajstić information content (AvgIpc) is 2.32. The SMILES string of the molecule is Cl.NC1CCCN(C(=O)Cc2ccccc2F)C1. The Labute approximate surface area is 113 Å². The summed E-state index contributed by atoms with van der Waals surface area (Å²) in [6.45, 7) is 1.33. The van der Waals surface area contributed by atoms with Crippen molar-refractivity contribution in [3.63, 3.8) is 0 Å². The number of carbonyl (C=O) groups is 1. The molecular formula is C13H18ClFN2O. The van der Waals surface area contributed by atoms with Crippen LogP contribution in [0.3, 0.4) is 0 Å². The molecule has 1 amide bonds. The second kappa shape index (κ2) is 6.71. The van der Waals surface area contributed by atoms with Crippen LogP contribution < -0.4 is 5.73 Å². The van der Waals surface area contributed by atoms with Gasteiger partial charge in [-0.1, -0.05) is 18.2 Å². The van der Waals surface area contributed by atoms with E-state index in [1.165, 1.54) is 6.07 Å². The van der Waals surface area contributed by atoms with Gasteiger partial charge in [-0.2, -0.15) is 0 Å². The third kappa shape index (κ3) is 3.68. The van der Waals surface area contributed by atoms with Crippen molar-refractivity contribution in [3.8, 4) is 0 Å². The Hall–Kier alpha value is -1.13.